The minimum Gasteiger partial charge on any atom is -0.372 e. The smallest absolute Gasteiger partial charge is 0.228 e. The summed E-state index contributed by atoms with van der Waals surface area (Å²) in [5.74, 6) is 0.832. The summed E-state index contributed by atoms with van der Waals surface area (Å²) in [5, 5.41) is 2.98. The molecule has 1 N–H and O–H groups in total. The van der Waals surface area contributed by atoms with Crippen molar-refractivity contribution in [2.45, 2.75) is 26.2 Å². The number of carbonyl (C=O) groups excluding carboxylic acids is 1. The maximum absolute atomic E-state index is 12.2. The van der Waals surface area contributed by atoms with Gasteiger partial charge in [0, 0.05) is 28.9 Å². The van der Waals surface area contributed by atoms with Crippen molar-refractivity contribution in [3.05, 3.63) is 58.6 Å². The van der Waals surface area contributed by atoms with E-state index >= 15 is 0 Å². The quantitative estimate of drug-likeness (QED) is 0.812. The number of hydrogen-bond donors (Lipinski definition) is 1. The maximum Gasteiger partial charge on any atom is 0.228 e. The van der Waals surface area contributed by atoms with E-state index < -0.39 is 0 Å². The molecule has 1 amide bonds. The van der Waals surface area contributed by atoms with Gasteiger partial charge in [-0.3, -0.25) is 4.79 Å². The summed E-state index contributed by atoms with van der Waals surface area (Å²) in [6.07, 6.45) is 2.88. The normalized spacial score (nSPS) is 15.3. The first-order valence-electron chi connectivity index (χ1n) is 8.50. The van der Waals surface area contributed by atoms with Crippen LogP contribution < -0.4 is 10.2 Å². The second-order valence-electron chi connectivity index (χ2n) is 6.53. The van der Waals surface area contributed by atoms with E-state index in [9.17, 15) is 4.79 Å². The van der Waals surface area contributed by atoms with Crippen LogP contribution in [0.5, 0.6) is 0 Å². The zero-order chi connectivity index (χ0) is 16.9. The molecule has 1 fully saturated rings. The standard InChI is InChI=1S/C20H23BrN2O/c1-15-10-12-23(13-11-15)18-8-6-17(7-9-18)22-20(24)14-16-4-2-3-5-19(16)21/h2-9,15H,10-14H2,1H3,(H,22,24). The average Bonchev–Trinajstić information content (AvgIpc) is 2.58. The molecule has 126 valence electrons. The van der Waals surface area contributed by atoms with Crippen molar-refractivity contribution < 1.29 is 4.79 Å². The lowest BCUT2D eigenvalue weighted by molar-refractivity contribution is -0.115. The van der Waals surface area contributed by atoms with Gasteiger partial charge in [-0.15, -0.1) is 0 Å². The lowest BCUT2D eigenvalue weighted by atomic mass is 9.99. The van der Waals surface area contributed by atoms with Crippen molar-refractivity contribution >= 4 is 33.2 Å². The molecule has 0 atom stereocenters. The summed E-state index contributed by atoms with van der Waals surface area (Å²) >= 11 is 3.48. The van der Waals surface area contributed by atoms with Gasteiger partial charge < -0.3 is 10.2 Å². The van der Waals surface area contributed by atoms with Gasteiger partial charge in [-0.1, -0.05) is 41.1 Å². The van der Waals surface area contributed by atoms with Crippen LogP contribution in [0.25, 0.3) is 0 Å². The Morgan fingerprint density at radius 3 is 2.46 bits per heavy atom. The first kappa shape index (κ1) is 17.0. The molecule has 1 heterocycles. The van der Waals surface area contributed by atoms with Gasteiger partial charge in [0.25, 0.3) is 0 Å². The minimum absolute atomic E-state index is 0.00134. The molecule has 0 bridgehead atoms. The Morgan fingerprint density at radius 2 is 1.79 bits per heavy atom. The Bertz CT molecular complexity index is 691. The summed E-state index contributed by atoms with van der Waals surface area (Å²) in [6, 6.07) is 16.0. The van der Waals surface area contributed by atoms with Gasteiger partial charge in [0.2, 0.25) is 5.91 Å². The lowest BCUT2D eigenvalue weighted by Gasteiger charge is -2.32. The number of nitrogens with one attached hydrogen (secondary N) is 1. The van der Waals surface area contributed by atoms with Crippen LogP contribution in [0.15, 0.2) is 53.0 Å². The highest BCUT2D eigenvalue weighted by molar-refractivity contribution is 9.10. The molecule has 0 spiro atoms. The van der Waals surface area contributed by atoms with Crippen LogP contribution in [0.3, 0.4) is 0 Å². The Labute approximate surface area is 152 Å². The highest BCUT2D eigenvalue weighted by Gasteiger charge is 2.16. The van der Waals surface area contributed by atoms with E-state index in [4.69, 9.17) is 0 Å². The van der Waals surface area contributed by atoms with E-state index in [1.165, 1.54) is 18.5 Å². The molecule has 2 aromatic carbocycles. The Morgan fingerprint density at radius 1 is 1.12 bits per heavy atom. The Kier molecular flexibility index (Phi) is 5.56. The first-order valence-corrected chi connectivity index (χ1v) is 9.29. The average molecular weight is 387 g/mol. The van der Waals surface area contributed by atoms with Gasteiger partial charge in [-0.25, -0.2) is 0 Å². The van der Waals surface area contributed by atoms with Crippen molar-refractivity contribution in [2.75, 3.05) is 23.3 Å². The van der Waals surface area contributed by atoms with Crippen molar-refractivity contribution in [2.24, 2.45) is 5.92 Å². The largest absolute Gasteiger partial charge is 0.372 e. The van der Waals surface area contributed by atoms with E-state index in [2.05, 4.69) is 45.2 Å². The maximum atomic E-state index is 12.2. The summed E-state index contributed by atoms with van der Waals surface area (Å²) < 4.78 is 0.967. The van der Waals surface area contributed by atoms with Crippen molar-refractivity contribution in [3.63, 3.8) is 0 Å². The number of carbonyl (C=O) groups is 1. The highest BCUT2D eigenvalue weighted by atomic mass is 79.9. The molecule has 1 aliphatic rings. The van der Waals surface area contributed by atoms with Crippen LogP contribution in [0, 0.1) is 5.92 Å². The van der Waals surface area contributed by atoms with E-state index in [-0.39, 0.29) is 5.91 Å². The summed E-state index contributed by atoms with van der Waals surface area (Å²) in [4.78, 5) is 14.6. The van der Waals surface area contributed by atoms with Crippen LogP contribution in [0.1, 0.15) is 25.3 Å². The Hall–Kier alpha value is -1.81. The fourth-order valence-electron chi connectivity index (χ4n) is 3.04. The molecule has 0 radical (unpaired) electrons. The van der Waals surface area contributed by atoms with E-state index in [0.717, 1.165) is 34.7 Å². The van der Waals surface area contributed by atoms with Crippen LogP contribution in [0.2, 0.25) is 0 Å². The number of halogens is 1. The number of piperidine rings is 1. The summed E-state index contributed by atoms with van der Waals surface area (Å²) in [7, 11) is 0. The number of anilines is 2. The van der Waals surface area contributed by atoms with Gasteiger partial charge >= 0.3 is 0 Å². The summed E-state index contributed by atoms with van der Waals surface area (Å²) in [5.41, 5.74) is 3.08. The van der Waals surface area contributed by atoms with E-state index in [0.29, 0.717) is 6.42 Å². The summed E-state index contributed by atoms with van der Waals surface area (Å²) in [6.45, 7) is 4.56. The third kappa shape index (κ3) is 4.38. The highest BCUT2D eigenvalue weighted by Crippen LogP contribution is 2.24. The molecular weight excluding hydrogens is 364 g/mol. The van der Waals surface area contributed by atoms with Crippen molar-refractivity contribution in [3.8, 4) is 0 Å². The second kappa shape index (κ2) is 7.84. The predicted molar refractivity (Wildman–Crippen MR) is 104 cm³/mol. The number of nitrogens with zero attached hydrogens (tertiary/aromatic N) is 1. The van der Waals surface area contributed by atoms with Crippen LogP contribution in [0.4, 0.5) is 11.4 Å². The van der Waals surface area contributed by atoms with Gasteiger partial charge in [0.1, 0.15) is 0 Å². The SMILES string of the molecule is CC1CCN(c2ccc(NC(=O)Cc3ccccc3Br)cc2)CC1. The monoisotopic (exact) mass is 386 g/mol. The third-order valence-electron chi connectivity index (χ3n) is 4.61. The number of rotatable bonds is 4. The van der Waals surface area contributed by atoms with Gasteiger partial charge in [0.15, 0.2) is 0 Å². The molecule has 3 nitrogen and oxygen atoms in total. The van der Waals surface area contributed by atoms with Crippen LogP contribution in [-0.4, -0.2) is 19.0 Å². The minimum atomic E-state index is 0.00134. The van der Waals surface area contributed by atoms with Crippen molar-refractivity contribution in [1.29, 1.82) is 0 Å². The molecular formula is C20H23BrN2O. The van der Waals surface area contributed by atoms with E-state index in [1.807, 2.05) is 36.4 Å². The first-order chi connectivity index (χ1) is 11.6. The molecule has 1 saturated heterocycles. The Balaban J connectivity index is 1.58. The molecule has 0 saturated carbocycles. The van der Waals surface area contributed by atoms with Gasteiger partial charge in [-0.2, -0.15) is 0 Å². The van der Waals surface area contributed by atoms with E-state index in [1.54, 1.807) is 0 Å². The second-order valence-corrected chi connectivity index (χ2v) is 7.39. The fourth-order valence-corrected chi connectivity index (χ4v) is 3.47. The molecule has 24 heavy (non-hydrogen) atoms. The zero-order valence-corrected chi connectivity index (χ0v) is 15.6. The number of hydrogen-bond acceptors (Lipinski definition) is 2. The third-order valence-corrected chi connectivity index (χ3v) is 5.38. The lowest BCUT2D eigenvalue weighted by Crippen LogP contribution is -2.32. The van der Waals surface area contributed by atoms with Gasteiger partial charge in [0.05, 0.1) is 6.42 Å². The number of amides is 1. The molecule has 2 aromatic rings. The molecule has 0 aliphatic carbocycles. The fraction of sp³-hybridized carbons (Fsp3) is 0.350. The van der Waals surface area contributed by atoms with Crippen molar-refractivity contribution in [1.82, 2.24) is 0 Å². The van der Waals surface area contributed by atoms with Crippen LogP contribution in [-0.2, 0) is 11.2 Å². The molecule has 3 rings (SSSR count). The topological polar surface area (TPSA) is 32.3 Å². The zero-order valence-electron chi connectivity index (χ0n) is 14.0. The molecule has 4 heteroatoms. The van der Waals surface area contributed by atoms with Gasteiger partial charge in [-0.05, 0) is 54.7 Å². The molecule has 0 unspecified atom stereocenters. The number of benzene rings is 2. The van der Waals surface area contributed by atoms with Crippen LogP contribution >= 0.6 is 15.9 Å². The molecule has 1 aliphatic heterocycles. The predicted octanol–water partition coefficient (Wildman–Crippen LogP) is 4.87. The molecule has 0 aromatic heterocycles.